The molecular weight excluding hydrogens is 187 g/mol. The molecule has 0 aromatic rings. The van der Waals surface area contributed by atoms with Crippen molar-refractivity contribution in [1.29, 1.82) is 0 Å². The number of unbranched alkanes of at least 4 members (excludes halogenated alkanes) is 4. The fraction of sp³-hybridized carbons (Fsp3) is 1.00. The van der Waals surface area contributed by atoms with E-state index in [1.54, 1.807) is 0 Å². The molecule has 0 saturated heterocycles. The Labute approximate surface area is 96.1 Å². The number of ether oxygens (including phenoxy) is 2. The molecule has 0 bridgehead atoms. The summed E-state index contributed by atoms with van der Waals surface area (Å²) in [6.07, 6.45) is 7.23. The van der Waals surface area contributed by atoms with Gasteiger partial charge in [-0.05, 0) is 19.8 Å². The first kappa shape index (κ1) is 15.0. The van der Waals surface area contributed by atoms with Gasteiger partial charge in [0.1, 0.15) is 5.69 Å². The van der Waals surface area contributed by atoms with Crippen molar-refractivity contribution in [3.05, 3.63) is 0 Å². The maximum Gasteiger partial charge on any atom is 0.178 e. The SMILES string of the molecule is BC(C)(OCCCCC)OCCCCC. The summed E-state index contributed by atoms with van der Waals surface area (Å²) in [5.74, 6) is 0. The third-order valence-corrected chi connectivity index (χ3v) is 2.40. The zero-order valence-electron chi connectivity index (χ0n) is 11.0. The van der Waals surface area contributed by atoms with Crippen molar-refractivity contribution in [2.24, 2.45) is 0 Å². The highest BCUT2D eigenvalue weighted by Gasteiger charge is 2.17. The second kappa shape index (κ2) is 9.23. The molecule has 0 aromatic carbocycles. The van der Waals surface area contributed by atoms with Crippen molar-refractivity contribution in [3.63, 3.8) is 0 Å². The molecule has 0 heterocycles. The van der Waals surface area contributed by atoms with Crippen LogP contribution in [0.15, 0.2) is 0 Å². The van der Waals surface area contributed by atoms with Crippen LogP contribution >= 0.6 is 0 Å². The zero-order chi connectivity index (χ0) is 11.6. The normalized spacial score (nSPS) is 11.9. The average molecular weight is 214 g/mol. The van der Waals surface area contributed by atoms with Gasteiger partial charge in [0.15, 0.2) is 7.85 Å². The Morgan fingerprint density at radius 3 is 1.60 bits per heavy atom. The van der Waals surface area contributed by atoms with E-state index < -0.39 is 5.69 Å². The van der Waals surface area contributed by atoms with Gasteiger partial charge < -0.3 is 9.47 Å². The van der Waals surface area contributed by atoms with E-state index >= 15 is 0 Å². The second-order valence-electron chi connectivity index (χ2n) is 4.51. The molecule has 0 aromatic heterocycles. The Hall–Kier alpha value is -0.0151. The van der Waals surface area contributed by atoms with E-state index in [0.717, 1.165) is 26.1 Å². The Bertz CT molecular complexity index is 124. The molecule has 90 valence electrons. The summed E-state index contributed by atoms with van der Waals surface area (Å²) in [7, 11) is 2.00. The van der Waals surface area contributed by atoms with Crippen molar-refractivity contribution in [2.45, 2.75) is 65.0 Å². The van der Waals surface area contributed by atoms with Gasteiger partial charge >= 0.3 is 0 Å². The van der Waals surface area contributed by atoms with Gasteiger partial charge in [-0.1, -0.05) is 39.5 Å². The summed E-state index contributed by atoms with van der Waals surface area (Å²) >= 11 is 0. The van der Waals surface area contributed by atoms with Gasteiger partial charge in [0.05, 0.1) is 0 Å². The lowest BCUT2D eigenvalue weighted by Crippen LogP contribution is -2.33. The van der Waals surface area contributed by atoms with Crippen molar-refractivity contribution >= 4 is 7.85 Å². The minimum absolute atomic E-state index is 0.401. The Kier molecular flexibility index (Phi) is 9.22. The van der Waals surface area contributed by atoms with Crippen LogP contribution in [0.2, 0.25) is 0 Å². The van der Waals surface area contributed by atoms with Crippen LogP contribution in [-0.2, 0) is 9.47 Å². The molecule has 0 aliphatic rings. The van der Waals surface area contributed by atoms with Gasteiger partial charge in [-0.2, -0.15) is 0 Å². The number of rotatable bonds is 10. The molecule has 0 spiro atoms. The molecular formula is C12H27BO2. The fourth-order valence-corrected chi connectivity index (χ4v) is 1.38. The lowest BCUT2D eigenvalue weighted by molar-refractivity contribution is -0.167. The average Bonchev–Trinajstić information content (AvgIpc) is 2.20. The molecule has 0 rings (SSSR count). The first-order valence-corrected chi connectivity index (χ1v) is 6.40. The van der Waals surface area contributed by atoms with Gasteiger partial charge in [-0.15, -0.1) is 0 Å². The van der Waals surface area contributed by atoms with Crippen LogP contribution < -0.4 is 0 Å². The maximum absolute atomic E-state index is 5.69. The van der Waals surface area contributed by atoms with E-state index in [2.05, 4.69) is 13.8 Å². The minimum atomic E-state index is -0.401. The molecule has 0 aliphatic heterocycles. The standard InChI is InChI=1S/C12H27BO2/c1-4-6-8-10-14-12(3,13)15-11-9-7-5-2/h4-11,13H2,1-3H3. The van der Waals surface area contributed by atoms with Crippen LogP contribution in [0.1, 0.15) is 59.3 Å². The predicted molar refractivity (Wildman–Crippen MR) is 67.9 cm³/mol. The fourth-order valence-electron chi connectivity index (χ4n) is 1.38. The molecule has 0 amide bonds. The van der Waals surface area contributed by atoms with Crippen molar-refractivity contribution in [1.82, 2.24) is 0 Å². The van der Waals surface area contributed by atoms with Crippen molar-refractivity contribution in [3.8, 4) is 0 Å². The zero-order valence-corrected chi connectivity index (χ0v) is 11.0. The predicted octanol–water partition coefficient (Wildman–Crippen LogP) is 2.71. The molecule has 0 aliphatic carbocycles. The summed E-state index contributed by atoms with van der Waals surface area (Å²) in [5, 5.41) is 0. The minimum Gasteiger partial charge on any atom is -0.359 e. The Morgan fingerprint density at radius 1 is 0.867 bits per heavy atom. The van der Waals surface area contributed by atoms with Crippen LogP contribution in [0.25, 0.3) is 0 Å². The highest BCUT2D eigenvalue weighted by atomic mass is 16.7. The molecule has 3 heteroatoms. The smallest absolute Gasteiger partial charge is 0.178 e. The third-order valence-electron chi connectivity index (χ3n) is 2.40. The van der Waals surface area contributed by atoms with Gasteiger partial charge in [-0.3, -0.25) is 0 Å². The lowest BCUT2D eigenvalue weighted by Gasteiger charge is -2.26. The molecule has 0 saturated carbocycles. The van der Waals surface area contributed by atoms with Crippen LogP contribution in [-0.4, -0.2) is 26.7 Å². The molecule has 0 unspecified atom stereocenters. The van der Waals surface area contributed by atoms with Gasteiger partial charge in [0.25, 0.3) is 0 Å². The Morgan fingerprint density at radius 2 is 1.27 bits per heavy atom. The van der Waals surface area contributed by atoms with E-state index in [4.69, 9.17) is 9.47 Å². The number of hydrogen-bond acceptors (Lipinski definition) is 2. The first-order valence-electron chi connectivity index (χ1n) is 6.40. The monoisotopic (exact) mass is 214 g/mol. The van der Waals surface area contributed by atoms with Crippen LogP contribution in [0.5, 0.6) is 0 Å². The lowest BCUT2D eigenvalue weighted by atomic mass is 9.96. The molecule has 2 nitrogen and oxygen atoms in total. The van der Waals surface area contributed by atoms with Crippen LogP contribution in [0.3, 0.4) is 0 Å². The third kappa shape index (κ3) is 10.3. The van der Waals surface area contributed by atoms with E-state index in [0.29, 0.717) is 0 Å². The summed E-state index contributed by atoms with van der Waals surface area (Å²) in [5.41, 5.74) is -0.401. The number of hydrogen-bond donors (Lipinski definition) is 0. The van der Waals surface area contributed by atoms with E-state index in [9.17, 15) is 0 Å². The molecule has 0 N–H and O–H groups in total. The first-order chi connectivity index (χ1) is 7.12. The molecule has 0 fully saturated rings. The summed E-state index contributed by atoms with van der Waals surface area (Å²) in [6, 6.07) is 0. The summed E-state index contributed by atoms with van der Waals surface area (Å²) in [6.45, 7) is 8.03. The highest BCUT2D eigenvalue weighted by Crippen LogP contribution is 2.10. The van der Waals surface area contributed by atoms with E-state index in [-0.39, 0.29) is 0 Å². The van der Waals surface area contributed by atoms with Gasteiger partial charge in [0, 0.05) is 13.2 Å². The van der Waals surface area contributed by atoms with Gasteiger partial charge in [-0.25, -0.2) is 0 Å². The summed E-state index contributed by atoms with van der Waals surface area (Å²) in [4.78, 5) is 0. The van der Waals surface area contributed by atoms with Crippen molar-refractivity contribution in [2.75, 3.05) is 13.2 Å². The molecule has 0 atom stereocenters. The maximum atomic E-state index is 5.69. The molecule has 15 heavy (non-hydrogen) atoms. The second-order valence-corrected chi connectivity index (χ2v) is 4.51. The topological polar surface area (TPSA) is 18.5 Å². The highest BCUT2D eigenvalue weighted by molar-refractivity contribution is 6.13. The van der Waals surface area contributed by atoms with Crippen LogP contribution in [0, 0.1) is 0 Å². The van der Waals surface area contributed by atoms with Crippen molar-refractivity contribution < 1.29 is 9.47 Å². The van der Waals surface area contributed by atoms with Gasteiger partial charge in [0.2, 0.25) is 0 Å². The van der Waals surface area contributed by atoms with Crippen LogP contribution in [0.4, 0.5) is 0 Å². The van der Waals surface area contributed by atoms with E-state index in [1.165, 1.54) is 25.7 Å². The van der Waals surface area contributed by atoms with E-state index in [1.807, 2.05) is 14.8 Å². The summed E-state index contributed by atoms with van der Waals surface area (Å²) < 4.78 is 11.4. The molecule has 0 radical (unpaired) electrons. The quantitative estimate of drug-likeness (QED) is 0.316. The largest absolute Gasteiger partial charge is 0.359 e. The Balaban J connectivity index is 3.40.